The van der Waals surface area contributed by atoms with Gasteiger partial charge in [0.25, 0.3) is 5.56 Å². The number of nitrogens with two attached hydrogens (primary N) is 1. The zero-order chi connectivity index (χ0) is 10.1. The fourth-order valence-corrected chi connectivity index (χ4v) is 1.16. The van der Waals surface area contributed by atoms with Crippen molar-refractivity contribution < 1.29 is 0 Å². The van der Waals surface area contributed by atoms with Crippen molar-refractivity contribution in [1.29, 1.82) is 0 Å². The molecule has 72 valence electrons. The van der Waals surface area contributed by atoms with Crippen molar-refractivity contribution in [3.05, 3.63) is 22.1 Å². The van der Waals surface area contributed by atoms with Crippen LogP contribution in [-0.4, -0.2) is 10.2 Å². The van der Waals surface area contributed by atoms with Crippen molar-refractivity contribution in [3.8, 4) is 0 Å². The summed E-state index contributed by atoms with van der Waals surface area (Å²) in [4.78, 5) is 11.1. The average molecular weight is 181 g/mol. The standard InChI is InChI=1S/C9H15N3O/c1-9(2,3)4-6-5-11-12-8(13)7(6)10/h5H,4H2,1-3H3,(H2,10,11)(H,12,13). The molecule has 0 bridgehead atoms. The minimum absolute atomic E-state index is 0.115. The first-order chi connectivity index (χ1) is 5.90. The van der Waals surface area contributed by atoms with Crippen LogP contribution in [0.1, 0.15) is 26.3 Å². The highest BCUT2D eigenvalue weighted by molar-refractivity contribution is 5.42. The molecule has 0 aromatic carbocycles. The van der Waals surface area contributed by atoms with E-state index in [2.05, 4.69) is 31.0 Å². The van der Waals surface area contributed by atoms with E-state index < -0.39 is 0 Å². The van der Waals surface area contributed by atoms with E-state index >= 15 is 0 Å². The molecule has 0 aliphatic carbocycles. The summed E-state index contributed by atoms with van der Waals surface area (Å²) in [6.45, 7) is 6.27. The lowest BCUT2D eigenvalue weighted by atomic mass is 9.88. The number of aromatic nitrogens is 2. The van der Waals surface area contributed by atoms with Crippen LogP contribution in [0.3, 0.4) is 0 Å². The number of hydrogen-bond acceptors (Lipinski definition) is 3. The first-order valence-corrected chi connectivity index (χ1v) is 4.22. The summed E-state index contributed by atoms with van der Waals surface area (Å²) in [5, 5.41) is 6.01. The maximum atomic E-state index is 11.1. The molecular weight excluding hydrogens is 166 g/mol. The van der Waals surface area contributed by atoms with E-state index in [-0.39, 0.29) is 16.7 Å². The van der Waals surface area contributed by atoms with Gasteiger partial charge in [0.05, 0.1) is 6.20 Å². The summed E-state index contributed by atoms with van der Waals surface area (Å²) in [5.74, 6) is 0. The fraction of sp³-hybridized carbons (Fsp3) is 0.556. The third kappa shape index (κ3) is 2.57. The number of anilines is 1. The van der Waals surface area contributed by atoms with Crippen LogP contribution in [0.25, 0.3) is 0 Å². The SMILES string of the molecule is CC(C)(C)Cc1cn[nH]c(=O)c1N. The number of aromatic amines is 1. The number of nitrogens with zero attached hydrogens (tertiary/aromatic N) is 1. The quantitative estimate of drug-likeness (QED) is 0.677. The first-order valence-electron chi connectivity index (χ1n) is 4.22. The molecule has 1 aromatic heterocycles. The molecule has 1 heterocycles. The summed E-state index contributed by atoms with van der Waals surface area (Å²) < 4.78 is 0. The maximum absolute atomic E-state index is 11.1. The molecule has 4 nitrogen and oxygen atoms in total. The Morgan fingerprint density at radius 2 is 2.15 bits per heavy atom. The van der Waals surface area contributed by atoms with Gasteiger partial charge in [0.15, 0.2) is 0 Å². The Hall–Kier alpha value is -1.32. The number of H-pyrrole nitrogens is 1. The van der Waals surface area contributed by atoms with Gasteiger partial charge >= 0.3 is 0 Å². The second kappa shape index (κ2) is 3.20. The second-order valence-corrected chi connectivity index (χ2v) is 4.38. The van der Waals surface area contributed by atoms with Crippen molar-refractivity contribution in [2.45, 2.75) is 27.2 Å². The molecule has 3 N–H and O–H groups in total. The van der Waals surface area contributed by atoms with Crippen LogP contribution in [-0.2, 0) is 6.42 Å². The van der Waals surface area contributed by atoms with Gasteiger partial charge in [-0.25, -0.2) is 5.10 Å². The molecule has 0 spiro atoms. The van der Waals surface area contributed by atoms with Gasteiger partial charge in [-0.1, -0.05) is 20.8 Å². The molecular formula is C9H15N3O. The fourth-order valence-electron chi connectivity index (χ4n) is 1.16. The predicted molar refractivity (Wildman–Crippen MR) is 52.4 cm³/mol. The number of nitrogens with one attached hydrogen (secondary N) is 1. The maximum Gasteiger partial charge on any atom is 0.287 e. The molecule has 0 saturated heterocycles. The van der Waals surface area contributed by atoms with E-state index in [9.17, 15) is 4.79 Å². The topological polar surface area (TPSA) is 71.8 Å². The molecule has 0 fully saturated rings. The van der Waals surface area contributed by atoms with Crippen molar-refractivity contribution in [2.24, 2.45) is 5.41 Å². The van der Waals surface area contributed by atoms with Crippen molar-refractivity contribution in [2.75, 3.05) is 5.73 Å². The summed E-state index contributed by atoms with van der Waals surface area (Å²) in [6.07, 6.45) is 2.37. The van der Waals surface area contributed by atoms with Crippen molar-refractivity contribution in [3.63, 3.8) is 0 Å². The zero-order valence-electron chi connectivity index (χ0n) is 8.22. The molecule has 0 amide bonds. The Labute approximate surface area is 77.2 Å². The van der Waals surface area contributed by atoms with Gasteiger partial charge in [-0.05, 0) is 11.8 Å². The minimum Gasteiger partial charge on any atom is -0.394 e. The summed E-state index contributed by atoms with van der Waals surface area (Å²) in [7, 11) is 0. The van der Waals surface area contributed by atoms with E-state index in [1.54, 1.807) is 6.20 Å². The highest BCUT2D eigenvalue weighted by Crippen LogP contribution is 2.21. The number of hydrogen-bond donors (Lipinski definition) is 2. The molecule has 0 saturated carbocycles. The van der Waals surface area contributed by atoms with Crippen LogP contribution in [0.4, 0.5) is 5.69 Å². The Balaban J connectivity index is 3.03. The van der Waals surface area contributed by atoms with Crippen LogP contribution in [0, 0.1) is 5.41 Å². The van der Waals surface area contributed by atoms with E-state index in [1.807, 2.05) is 0 Å². The van der Waals surface area contributed by atoms with Crippen LogP contribution in [0.2, 0.25) is 0 Å². The van der Waals surface area contributed by atoms with E-state index in [4.69, 9.17) is 5.73 Å². The second-order valence-electron chi connectivity index (χ2n) is 4.38. The molecule has 0 aliphatic rings. The van der Waals surface area contributed by atoms with Gasteiger partial charge < -0.3 is 5.73 Å². The Kier molecular flexibility index (Phi) is 2.40. The summed E-state index contributed by atoms with van der Waals surface area (Å²) >= 11 is 0. The number of nitrogen functional groups attached to an aromatic ring is 1. The van der Waals surface area contributed by atoms with Crippen molar-refractivity contribution >= 4 is 5.69 Å². The molecule has 4 heteroatoms. The minimum atomic E-state index is -0.304. The van der Waals surface area contributed by atoms with Gasteiger partial charge in [-0.2, -0.15) is 5.10 Å². The van der Waals surface area contributed by atoms with Gasteiger partial charge in [-0.3, -0.25) is 4.79 Å². The summed E-state index contributed by atoms with van der Waals surface area (Å²) in [6, 6.07) is 0. The van der Waals surface area contributed by atoms with Gasteiger partial charge in [0.2, 0.25) is 0 Å². The van der Waals surface area contributed by atoms with Crippen LogP contribution >= 0.6 is 0 Å². The first kappa shape index (κ1) is 9.77. The van der Waals surface area contributed by atoms with E-state index in [1.165, 1.54) is 0 Å². The molecule has 1 aromatic rings. The highest BCUT2D eigenvalue weighted by atomic mass is 16.1. The monoisotopic (exact) mass is 181 g/mol. The van der Waals surface area contributed by atoms with Gasteiger partial charge in [0.1, 0.15) is 5.69 Å². The lowest BCUT2D eigenvalue weighted by molar-refractivity contribution is 0.411. The molecule has 0 aliphatic heterocycles. The third-order valence-electron chi connectivity index (χ3n) is 1.70. The van der Waals surface area contributed by atoms with E-state index in [0.717, 1.165) is 12.0 Å². The lowest BCUT2D eigenvalue weighted by Gasteiger charge is -2.18. The Bertz CT molecular complexity index is 349. The Morgan fingerprint density at radius 1 is 1.54 bits per heavy atom. The normalized spacial score (nSPS) is 11.6. The zero-order valence-corrected chi connectivity index (χ0v) is 8.22. The van der Waals surface area contributed by atoms with Crippen LogP contribution < -0.4 is 11.3 Å². The molecule has 13 heavy (non-hydrogen) atoms. The summed E-state index contributed by atoms with van der Waals surface area (Å²) in [5.41, 5.74) is 6.52. The van der Waals surface area contributed by atoms with Crippen LogP contribution in [0.5, 0.6) is 0 Å². The highest BCUT2D eigenvalue weighted by Gasteiger charge is 2.14. The third-order valence-corrected chi connectivity index (χ3v) is 1.70. The molecule has 0 radical (unpaired) electrons. The van der Waals surface area contributed by atoms with Crippen molar-refractivity contribution in [1.82, 2.24) is 10.2 Å². The van der Waals surface area contributed by atoms with Crippen LogP contribution in [0.15, 0.2) is 11.0 Å². The predicted octanol–water partition coefficient (Wildman–Crippen LogP) is 0.941. The Morgan fingerprint density at radius 3 is 2.69 bits per heavy atom. The smallest absolute Gasteiger partial charge is 0.287 e. The van der Waals surface area contributed by atoms with Gasteiger partial charge in [-0.15, -0.1) is 0 Å². The van der Waals surface area contributed by atoms with Gasteiger partial charge in [0, 0.05) is 5.56 Å². The molecule has 1 rings (SSSR count). The largest absolute Gasteiger partial charge is 0.394 e. The average Bonchev–Trinajstić information content (AvgIpc) is 1.96. The molecule has 0 atom stereocenters. The number of rotatable bonds is 1. The van der Waals surface area contributed by atoms with E-state index in [0.29, 0.717) is 0 Å². The molecule has 0 unspecified atom stereocenters. The lowest BCUT2D eigenvalue weighted by Crippen LogP contribution is -2.19.